The monoisotopic (exact) mass is 289 g/mol. The standard InChI is InChI=1S/C20H35N/c1-14-15(2)17(4)19(18(5)16(14)3)12-10-9-11-13-21-20(6,7)8/h21H,9-13H2,1-8H3. The number of hydrogen-bond donors (Lipinski definition) is 1. The Morgan fingerprint density at radius 1 is 0.667 bits per heavy atom. The van der Waals surface area contributed by atoms with Crippen molar-refractivity contribution in [3.05, 3.63) is 33.4 Å². The molecule has 0 aromatic heterocycles. The van der Waals surface area contributed by atoms with E-state index in [1.165, 1.54) is 53.5 Å². The second-order valence-electron chi connectivity index (χ2n) is 7.59. The Hall–Kier alpha value is -0.820. The van der Waals surface area contributed by atoms with E-state index < -0.39 is 0 Å². The Kier molecular flexibility index (Phi) is 6.46. The van der Waals surface area contributed by atoms with Gasteiger partial charge in [-0.3, -0.25) is 0 Å². The Morgan fingerprint density at radius 3 is 1.62 bits per heavy atom. The fourth-order valence-electron chi connectivity index (χ4n) is 3.02. The van der Waals surface area contributed by atoms with Crippen molar-refractivity contribution >= 4 is 0 Å². The highest BCUT2D eigenvalue weighted by atomic mass is 14.9. The van der Waals surface area contributed by atoms with Crippen LogP contribution in [0.4, 0.5) is 0 Å². The summed E-state index contributed by atoms with van der Waals surface area (Å²) in [7, 11) is 0. The average molecular weight is 290 g/mol. The molecule has 1 nitrogen and oxygen atoms in total. The van der Waals surface area contributed by atoms with Crippen LogP contribution in [0.5, 0.6) is 0 Å². The zero-order valence-electron chi connectivity index (χ0n) is 15.5. The van der Waals surface area contributed by atoms with Crippen molar-refractivity contribution in [2.75, 3.05) is 6.54 Å². The lowest BCUT2D eigenvalue weighted by Gasteiger charge is -2.21. The minimum atomic E-state index is 0.248. The van der Waals surface area contributed by atoms with Gasteiger partial charge in [-0.25, -0.2) is 0 Å². The smallest absolute Gasteiger partial charge is 0.00965 e. The summed E-state index contributed by atoms with van der Waals surface area (Å²) in [6.45, 7) is 19.2. The molecule has 120 valence electrons. The predicted octanol–water partition coefficient (Wildman–Crippen LogP) is 5.33. The molecule has 0 saturated carbocycles. The molecule has 1 N–H and O–H groups in total. The predicted molar refractivity (Wildman–Crippen MR) is 95.4 cm³/mol. The zero-order chi connectivity index (χ0) is 16.2. The number of rotatable bonds is 6. The van der Waals surface area contributed by atoms with E-state index in [4.69, 9.17) is 0 Å². The first-order chi connectivity index (χ1) is 9.65. The molecule has 0 bridgehead atoms. The van der Waals surface area contributed by atoms with E-state index in [1.54, 1.807) is 5.56 Å². The Labute approximate surface area is 132 Å². The summed E-state index contributed by atoms with van der Waals surface area (Å²) in [4.78, 5) is 0. The third-order valence-electron chi connectivity index (χ3n) is 4.91. The topological polar surface area (TPSA) is 12.0 Å². The van der Waals surface area contributed by atoms with Crippen LogP contribution in [-0.4, -0.2) is 12.1 Å². The average Bonchev–Trinajstić information content (AvgIpc) is 2.40. The molecule has 0 heterocycles. The summed E-state index contributed by atoms with van der Waals surface area (Å²) in [5.74, 6) is 0. The molecular formula is C20H35N. The van der Waals surface area contributed by atoms with Gasteiger partial charge in [0, 0.05) is 5.54 Å². The molecule has 0 atom stereocenters. The van der Waals surface area contributed by atoms with Crippen LogP contribution in [0.2, 0.25) is 0 Å². The van der Waals surface area contributed by atoms with Gasteiger partial charge in [-0.1, -0.05) is 6.42 Å². The third-order valence-corrected chi connectivity index (χ3v) is 4.91. The minimum absolute atomic E-state index is 0.248. The Morgan fingerprint density at radius 2 is 1.14 bits per heavy atom. The van der Waals surface area contributed by atoms with Gasteiger partial charge in [-0.15, -0.1) is 0 Å². The fraction of sp³-hybridized carbons (Fsp3) is 0.700. The molecular weight excluding hydrogens is 254 g/mol. The summed E-state index contributed by atoms with van der Waals surface area (Å²) < 4.78 is 0. The van der Waals surface area contributed by atoms with Gasteiger partial charge in [0.05, 0.1) is 0 Å². The molecule has 0 aliphatic rings. The van der Waals surface area contributed by atoms with E-state index in [2.05, 4.69) is 60.7 Å². The quantitative estimate of drug-likeness (QED) is 0.698. The summed E-state index contributed by atoms with van der Waals surface area (Å²) in [6, 6.07) is 0. The number of hydrogen-bond acceptors (Lipinski definition) is 1. The highest BCUT2D eigenvalue weighted by Crippen LogP contribution is 2.27. The minimum Gasteiger partial charge on any atom is -0.312 e. The Balaban J connectivity index is 2.54. The lowest BCUT2D eigenvalue weighted by Crippen LogP contribution is -2.36. The van der Waals surface area contributed by atoms with Gasteiger partial charge in [0.15, 0.2) is 0 Å². The van der Waals surface area contributed by atoms with Crippen LogP contribution in [0.1, 0.15) is 73.4 Å². The molecule has 0 fully saturated rings. The molecule has 0 aliphatic heterocycles. The SMILES string of the molecule is Cc1c(C)c(C)c(CCCCCNC(C)(C)C)c(C)c1C. The van der Waals surface area contributed by atoms with Gasteiger partial charge in [-0.2, -0.15) is 0 Å². The first-order valence-electron chi connectivity index (χ1n) is 8.46. The number of benzene rings is 1. The van der Waals surface area contributed by atoms with E-state index in [-0.39, 0.29) is 5.54 Å². The van der Waals surface area contributed by atoms with Gasteiger partial charge in [0.25, 0.3) is 0 Å². The third kappa shape index (κ3) is 5.14. The molecule has 1 aromatic carbocycles. The summed E-state index contributed by atoms with van der Waals surface area (Å²) in [5, 5.41) is 3.57. The normalized spacial score (nSPS) is 12.0. The summed E-state index contributed by atoms with van der Waals surface area (Å²) in [5.41, 5.74) is 9.33. The highest BCUT2D eigenvalue weighted by Gasteiger charge is 2.12. The maximum absolute atomic E-state index is 3.57. The molecule has 0 radical (unpaired) electrons. The van der Waals surface area contributed by atoms with Crippen LogP contribution < -0.4 is 5.32 Å². The van der Waals surface area contributed by atoms with Gasteiger partial charge < -0.3 is 5.32 Å². The Bertz CT molecular complexity index is 449. The van der Waals surface area contributed by atoms with Crippen molar-refractivity contribution in [1.82, 2.24) is 5.32 Å². The van der Waals surface area contributed by atoms with Crippen molar-refractivity contribution in [1.29, 1.82) is 0 Å². The largest absolute Gasteiger partial charge is 0.312 e. The van der Waals surface area contributed by atoms with E-state index in [1.807, 2.05) is 0 Å². The second kappa shape index (κ2) is 7.45. The zero-order valence-corrected chi connectivity index (χ0v) is 15.5. The lowest BCUT2D eigenvalue weighted by atomic mass is 9.87. The van der Waals surface area contributed by atoms with Gasteiger partial charge in [0.2, 0.25) is 0 Å². The van der Waals surface area contributed by atoms with E-state index in [0.717, 1.165) is 6.54 Å². The van der Waals surface area contributed by atoms with Crippen LogP contribution >= 0.6 is 0 Å². The second-order valence-corrected chi connectivity index (χ2v) is 7.59. The van der Waals surface area contributed by atoms with Crippen LogP contribution in [0.3, 0.4) is 0 Å². The van der Waals surface area contributed by atoms with Crippen molar-refractivity contribution in [3.8, 4) is 0 Å². The highest BCUT2D eigenvalue weighted by molar-refractivity contribution is 5.49. The molecule has 1 heteroatoms. The maximum atomic E-state index is 3.57. The van der Waals surface area contributed by atoms with Crippen molar-refractivity contribution in [2.45, 2.75) is 86.6 Å². The molecule has 0 unspecified atom stereocenters. The van der Waals surface area contributed by atoms with Gasteiger partial charge in [-0.05, 0) is 115 Å². The molecule has 0 saturated heterocycles. The van der Waals surface area contributed by atoms with Crippen molar-refractivity contribution in [3.63, 3.8) is 0 Å². The van der Waals surface area contributed by atoms with Crippen LogP contribution in [0.15, 0.2) is 0 Å². The molecule has 0 aliphatic carbocycles. The van der Waals surface area contributed by atoms with E-state index >= 15 is 0 Å². The first kappa shape index (κ1) is 18.2. The molecule has 1 rings (SSSR count). The van der Waals surface area contributed by atoms with Crippen molar-refractivity contribution < 1.29 is 0 Å². The molecule has 0 amide bonds. The lowest BCUT2D eigenvalue weighted by molar-refractivity contribution is 0.417. The van der Waals surface area contributed by atoms with Gasteiger partial charge in [0.1, 0.15) is 0 Å². The van der Waals surface area contributed by atoms with Crippen LogP contribution in [0.25, 0.3) is 0 Å². The first-order valence-corrected chi connectivity index (χ1v) is 8.46. The number of nitrogens with one attached hydrogen (secondary N) is 1. The molecule has 0 spiro atoms. The van der Waals surface area contributed by atoms with Crippen molar-refractivity contribution in [2.24, 2.45) is 0 Å². The molecule has 21 heavy (non-hydrogen) atoms. The molecule has 1 aromatic rings. The van der Waals surface area contributed by atoms with Crippen LogP contribution in [-0.2, 0) is 6.42 Å². The number of unbranched alkanes of at least 4 members (excludes halogenated alkanes) is 2. The summed E-state index contributed by atoms with van der Waals surface area (Å²) in [6.07, 6.45) is 5.12. The van der Waals surface area contributed by atoms with E-state index in [9.17, 15) is 0 Å². The van der Waals surface area contributed by atoms with E-state index in [0.29, 0.717) is 0 Å². The van der Waals surface area contributed by atoms with Gasteiger partial charge >= 0.3 is 0 Å². The van der Waals surface area contributed by atoms with Crippen LogP contribution in [0, 0.1) is 34.6 Å². The summed E-state index contributed by atoms with van der Waals surface area (Å²) >= 11 is 0. The fourth-order valence-corrected chi connectivity index (χ4v) is 3.02. The maximum Gasteiger partial charge on any atom is 0.00965 e.